The number of hydrogen-bond donors (Lipinski definition) is 4. The number of nitrogens with one attached hydrogen (secondary N) is 2. The molecule has 1 amide bonds. The Morgan fingerprint density at radius 3 is 3.06 bits per heavy atom. The van der Waals surface area contributed by atoms with Gasteiger partial charge in [-0.25, -0.2) is 4.98 Å². The molecule has 7 heteroatoms. The van der Waals surface area contributed by atoms with Crippen LogP contribution >= 0.6 is 0 Å². The molecule has 1 heterocycles. The zero-order valence-electron chi connectivity index (χ0n) is 9.68. The van der Waals surface area contributed by atoms with E-state index in [2.05, 4.69) is 20.3 Å². The Kier molecular flexibility index (Phi) is 3.42. The second kappa shape index (κ2) is 5.17. The van der Waals surface area contributed by atoms with Crippen molar-refractivity contribution in [3.8, 4) is 0 Å². The Labute approximate surface area is 103 Å². The lowest BCUT2D eigenvalue weighted by atomic mass is 10.2. The highest BCUT2D eigenvalue weighted by Gasteiger charge is 2.06. The molecule has 6 N–H and O–H groups in total. The van der Waals surface area contributed by atoms with E-state index < -0.39 is 0 Å². The number of H-pyrrole nitrogens is 1. The SMILES string of the molecule is NC(N)=NCCNC(=O)c1ccc2nc[nH]c2c1. The van der Waals surface area contributed by atoms with Gasteiger partial charge in [-0.2, -0.15) is 0 Å². The molecule has 7 nitrogen and oxygen atoms in total. The van der Waals surface area contributed by atoms with E-state index in [0.29, 0.717) is 18.7 Å². The topological polar surface area (TPSA) is 122 Å². The van der Waals surface area contributed by atoms with Crippen LogP contribution in [0.2, 0.25) is 0 Å². The predicted octanol–water partition coefficient (Wildman–Crippen LogP) is -0.434. The molecule has 0 unspecified atom stereocenters. The van der Waals surface area contributed by atoms with Gasteiger partial charge in [0, 0.05) is 12.1 Å². The smallest absolute Gasteiger partial charge is 0.251 e. The van der Waals surface area contributed by atoms with Gasteiger partial charge in [0.1, 0.15) is 0 Å². The predicted molar refractivity (Wildman–Crippen MR) is 69.1 cm³/mol. The van der Waals surface area contributed by atoms with Gasteiger partial charge in [0.25, 0.3) is 5.91 Å². The monoisotopic (exact) mass is 246 g/mol. The quantitative estimate of drug-likeness (QED) is 0.332. The van der Waals surface area contributed by atoms with Gasteiger partial charge in [-0.3, -0.25) is 9.79 Å². The third-order valence-electron chi connectivity index (χ3n) is 2.37. The van der Waals surface area contributed by atoms with Gasteiger partial charge in [-0.15, -0.1) is 0 Å². The van der Waals surface area contributed by atoms with Crippen LogP contribution in [-0.4, -0.2) is 34.9 Å². The van der Waals surface area contributed by atoms with Crippen molar-refractivity contribution in [1.82, 2.24) is 15.3 Å². The maximum Gasteiger partial charge on any atom is 0.251 e. The van der Waals surface area contributed by atoms with Gasteiger partial charge in [-0.1, -0.05) is 0 Å². The number of aromatic amines is 1. The van der Waals surface area contributed by atoms with Crippen LogP contribution in [-0.2, 0) is 0 Å². The number of aromatic nitrogens is 2. The Hall–Kier alpha value is -2.57. The van der Waals surface area contributed by atoms with Crippen molar-refractivity contribution in [2.45, 2.75) is 0 Å². The molecule has 0 saturated heterocycles. The van der Waals surface area contributed by atoms with E-state index in [4.69, 9.17) is 11.5 Å². The summed E-state index contributed by atoms with van der Waals surface area (Å²) in [7, 11) is 0. The Morgan fingerprint density at radius 2 is 2.28 bits per heavy atom. The first-order chi connectivity index (χ1) is 8.66. The number of aliphatic imine (C=N–C) groups is 1. The second-order valence-electron chi connectivity index (χ2n) is 3.70. The molecule has 18 heavy (non-hydrogen) atoms. The van der Waals surface area contributed by atoms with E-state index >= 15 is 0 Å². The molecule has 0 atom stereocenters. The minimum absolute atomic E-state index is 0.0168. The highest BCUT2D eigenvalue weighted by Crippen LogP contribution is 2.11. The fourth-order valence-electron chi connectivity index (χ4n) is 1.53. The largest absolute Gasteiger partial charge is 0.370 e. The van der Waals surface area contributed by atoms with E-state index in [1.807, 2.05) is 0 Å². The van der Waals surface area contributed by atoms with Crippen molar-refractivity contribution < 1.29 is 4.79 Å². The van der Waals surface area contributed by atoms with E-state index in [0.717, 1.165) is 11.0 Å². The number of fused-ring (bicyclic) bond motifs is 1. The van der Waals surface area contributed by atoms with Gasteiger partial charge in [0.05, 0.1) is 23.9 Å². The first kappa shape index (κ1) is 11.9. The highest BCUT2D eigenvalue weighted by atomic mass is 16.1. The fraction of sp³-hybridized carbons (Fsp3) is 0.182. The minimum atomic E-state index is -0.169. The van der Waals surface area contributed by atoms with Crippen LogP contribution in [0.5, 0.6) is 0 Å². The molecule has 1 aromatic carbocycles. The average molecular weight is 246 g/mol. The molecular weight excluding hydrogens is 232 g/mol. The molecule has 0 aliphatic heterocycles. The second-order valence-corrected chi connectivity index (χ2v) is 3.70. The Balaban J connectivity index is 1.98. The number of imidazole rings is 1. The maximum absolute atomic E-state index is 11.8. The molecule has 0 radical (unpaired) electrons. The van der Waals surface area contributed by atoms with Gasteiger partial charge < -0.3 is 21.8 Å². The molecule has 0 saturated carbocycles. The van der Waals surface area contributed by atoms with Crippen LogP contribution in [0.15, 0.2) is 29.5 Å². The standard InChI is InChI=1S/C11H14N6O/c12-11(13)15-4-3-14-10(18)7-1-2-8-9(5-7)17-6-16-8/h1-2,5-6H,3-4H2,(H,14,18)(H,16,17)(H4,12,13,15). The number of guanidine groups is 1. The summed E-state index contributed by atoms with van der Waals surface area (Å²) in [6, 6.07) is 5.26. The van der Waals surface area contributed by atoms with E-state index in [9.17, 15) is 4.79 Å². The molecule has 0 spiro atoms. The third-order valence-corrected chi connectivity index (χ3v) is 2.37. The lowest BCUT2D eigenvalue weighted by molar-refractivity contribution is 0.0955. The van der Waals surface area contributed by atoms with Crippen LogP contribution in [0.4, 0.5) is 0 Å². The van der Waals surface area contributed by atoms with Crippen molar-refractivity contribution in [3.05, 3.63) is 30.1 Å². The number of nitrogens with zero attached hydrogens (tertiary/aromatic N) is 2. The highest BCUT2D eigenvalue weighted by molar-refractivity contribution is 5.97. The van der Waals surface area contributed by atoms with E-state index in [1.54, 1.807) is 24.5 Å². The molecule has 0 aliphatic carbocycles. The van der Waals surface area contributed by atoms with Crippen LogP contribution in [0.1, 0.15) is 10.4 Å². The van der Waals surface area contributed by atoms with Gasteiger partial charge in [-0.05, 0) is 18.2 Å². The van der Waals surface area contributed by atoms with E-state index in [-0.39, 0.29) is 11.9 Å². The summed E-state index contributed by atoms with van der Waals surface area (Å²) in [5.74, 6) is -0.152. The first-order valence-corrected chi connectivity index (χ1v) is 5.43. The summed E-state index contributed by atoms with van der Waals surface area (Å²) in [6.45, 7) is 0.748. The zero-order valence-corrected chi connectivity index (χ0v) is 9.68. The number of carbonyl (C=O) groups excluding carboxylic acids is 1. The van der Waals surface area contributed by atoms with Crippen LogP contribution in [0, 0.1) is 0 Å². The molecule has 0 bridgehead atoms. The lowest BCUT2D eigenvalue weighted by Crippen LogP contribution is -2.28. The zero-order chi connectivity index (χ0) is 13.0. The summed E-state index contributed by atoms with van der Waals surface area (Å²) in [5.41, 5.74) is 12.6. The van der Waals surface area contributed by atoms with Crippen molar-refractivity contribution in [2.75, 3.05) is 13.1 Å². The fourth-order valence-corrected chi connectivity index (χ4v) is 1.53. The van der Waals surface area contributed by atoms with Crippen molar-refractivity contribution in [3.63, 3.8) is 0 Å². The van der Waals surface area contributed by atoms with Crippen molar-refractivity contribution in [1.29, 1.82) is 0 Å². The number of benzene rings is 1. The van der Waals surface area contributed by atoms with Crippen molar-refractivity contribution >= 4 is 22.9 Å². The van der Waals surface area contributed by atoms with Crippen molar-refractivity contribution in [2.24, 2.45) is 16.5 Å². The number of hydrogen-bond acceptors (Lipinski definition) is 3. The van der Waals surface area contributed by atoms with Crippen LogP contribution in [0.3, 0.4) is 0 Å². The summed E-state index contributed by atoms with van der Waals surface area (Å²) in [4.78, 5) is 22.6. The summed E-state index contributed by atoms with van der Waals surface area (Å²) in [5, 5.41) is 2.72. The van der Waals surface area contributed by atoms with Gasteiger partial charge in [0.15, 0.2) is 5.96 Å². The molecule has 94 valence electrons. The van der Waals surface area contributed by atoms with Crippen LogP contribution in [0.25, 0.3) is 11.0 Å². The van der Waals surface area contributed by atoms with Crippen LogP contribution < -0.4 is 16.8 Å². The molecule has 1 aromatic heterocycles. The number of carbonyl (C=O) groups is 1. The Morgan fingerprint density at radius 1 is 1.44 bits per heavy atom. The molecule has 2 rings (SSSR count). The third kappa shape index (κ3) is 2.76. The summed E-state index contributed by atoms with van der Waals surface area (Å²) >= 11 is 0. The molecule has 0 aliphatic rings. The molecular formula is C11H14N6O. The lowest BCUT2D eigenvalue weighted by Gasteiger charge is -2.03. The number of nitrogens with two attached hydrogens (primary N) is 2. The normalized spacial score (nSPS) is 10.2. The van der Waals surface area contributed by atoms with Gasteiger partial charge >= 0.3 is 0 Å². The Bertz CT molecular complexity index is 584. The van der Waals surface area contributed by atoms with Gasteiger partial charge in [0.2, 0.25) is 0 Å². The molecule has 0 fully saturated rings. The summed E-state index contributed by atoms with van der Waals surface area (Å²) in [6.07, 6.45) is 1.59. The number of amides is 1. The maximum atomic E-state index is 11.8. The average Bonchev–Trinajstić information content (AvgIpc) is 2.81. The number of rotatable bonds is 4. The summed E-state index contributed by atoms with van der Waals surface area (Å²) < 4.78 is 0. The molecule has 2 aromatic rings. The first-order valence-electron chi connectivity index (χ1n) is 5.43. The van der Waals surface area contributed by atoms with E-state index in [1.165, 1.54) is 0 Å². The minimum Gasteiger partial charge on any atom is -0.370 e.